The Morgan fingerprint density at radius 1 is 1.38 bits per heavy atom. The second-order valence-electron chi connectivity index (χ2n) is 3.87. The van der Waals surface area contributed by atoms with Gasteiger partial charge in [-0.25, -0.2) is 0 Å². The highest BCUT2D eigenvalue weighted by atomic mass is 32.2. The Morgan fingerprint density at radius 2 is 2.19 bits per heavy atom. The summed E-state index contributed by atoms with van der Waals surface area (Å²) in [4.78, 5) is 0. The predicted octanol–water partition coefficient (Wildman–Crippen LogP) is 3.39. The third-order valence-corrected chi connectivity index (χ3v) is 3.51. The van der Waals surface area contributed by atoms with Gasteiger partial charge in [0.15, 0.2) is 0 Å². The highest BCUT2D eigenvalue weighted by Gasteiger charge is 1.98. The Labute approximate surface area is 102 Å². The Balaban J connectivity index is 2.36. The van der Waals surface area contributed by atoms with E-state index < -0.39 is 0 Å². The normalized spacial score (nSPS) is 10.3. The first-order valence-electron chi connectivity index (χ1n) is 5.75. The molecule has 88 valence electrons. The first-order valence-corrected chi connectivity index (χ1v) is 6.90. The summed E-state index contributed by atoms with van der Waals surface area (Å²) in [6.07, 6.45) is 3.90. The molecule has 0 radical (unpaired) electrons. The van der Waals surface area contributed by atoms with Crippen LogP contribution in [0.15, 0.2) is 24.3 Å². The molecule has 0 bridgehead atoms. The number of thioether (sulfide) groups is 1. The molecule has 16 heavy (non-hydrogen) atoms. The summed E-state index contributed by atoms with van der Waals surface area (Å²) in [6.45, 7) is 2.22. The van der Waals surface area contributed by atoms with Gasteiger partial charge in [0.25, 0.3) is 0 Å². The summed E-state index contributed by atoms with van der Waals surface area (Å²) >= 11 is 1.96. The predicted molar refractivity (Wildman–Crippen MR) is 73.1 cm³/mol. The highest BCUT2D eigenvalue weighted by molar-refractivity contribution is 7.98. The zero-order valence-electron chi connectivity index (χ0n) is 9.83. The van der Waals surface area contributed by atoms with E-state index in [1.165, 1.54) is 30.6 Å². The first-order chi connectivity index (χ1) is 7.74. The molecule has 0 heterocycles. The van der Waals surface area contributed by atoms with Gasteiger partial charge in [0.05, 0.1) is 0 Å². The molecule has 3 heteroatoms. The van der Waals surface area contributed by atoms with Crippen molar-refractivity contribution in [3.05, 3.63) is 35.4 Å². The van der Waals surface area contributed by atoms with E-state index in [4.69, 9.17) is 11.1 Å². The number of nitrogen functional groups attached to an aromatic ring is 1. The van der Waals surface area contributed by atoms with Gasteiger partial charge >= 0.3 is 0 Å². The van der Waals surface area contributed by atoms with Crippen LogP contribution in [0, 0.1) is 5.41 Å². The standard InChI is InChI=1S/C13H20N2S/c1-2-3-4-8-16-10-11-6-5-7-12(9-11)13(14)15/h5-7,9H,2-4,8,10H2,1H3,(H3,14,15). The number of benzene rings is 1. The monoisotopic (exact) mass is 236 g/mol. The van der Waals surface area contributed by atoms with Crippen LogP contribution >= 0.6 is 11.8 Å². The molecule has 2 nitrogen and oxygen atoms in total. The van der Waals surface area contributed by atoms with Crippen molar-refractivity contribution >= 4 is 17.6 Å². The summed E-state index contributed by atoms with van der Waals surface area (Å²) < 4.78 is 0. The molecule has 0 fully saturated rings. The van der Waals surface area contributed by atoms with Gasteiger partial charge in [-0.1, -0.05) is 38.0 Å². The fraction of sp³-hybridized carbons (Fsp3) is 0.462. The number of rotatable bonds is 7. The molecule has 0 saturated heterocycles. The maximum Gasteiger partial charge on any atom is 0.122 e. The fourth-order valence-electron chi connectivity index (χ4n) is 1.47. The van der Waals surface area contributed by atoms with Crippen molar-refractivity contribution in [2.75, 3.05) is 5.75 Å². The summed E-state index contributed by atoms with van der Waals surface area (Å²) in [5.74, 6) is 2.39. The van der Waals surface area contributed by atoms with Crippen LogP contribution in [0.3, 0.4) is 0 Å². The second kappa shape index (κ2) is 7.34. The van der Waals surface area contributed by atoms with Crippen LogP contribution in [0.2, 0.25) is 0 Å². The molecule has 1 aromatic rings. The van der Waals surface area contributed by atoms with Gasteiger partial charge in [0.2, 0.25) is 0 Å². The maximum atomic E-state index is 7.37. The number of nitrogens with two attached hydrogens (primary N) is 1. The van der Waals surface area contributed by atoms with Crippen LogP contribution in [0.4, 0.5) is 0 Å². The van der Waals surface area contributed by atoms with E-state index in [1.807, 2.05) is 30.0 Å². The topological polar surface area (TPSA) is 49.9 Å². The summed E-state index contributed by atoms with van der Waals surface area (Å²) in [5.41, 5.74) is 7.54. The molecule has 0 atom stereocenters. The quantitative estimate of drug-likeness (QED) is 0.433. The minimum absolute atomic E-state index is 0.151. The van der Waals surface area contributed by atoms with Crippen LogP contribution in [0.5, 0.6) is 0 Å². The summed E-state index contributed by atoms with van der Waals surface area (Å²) in [6, 6.07) is 7.96. The lowest BCUT2D eigenvalue weighted by Gasteiger charge is -2.04. The van der Waals surface area contributed by atoms with Gasteiger partial charge in [-0.05, 0) is 23.8 Å². The number of hydrogen-bond acceptors (Lipinski definition) is 2. The highest BCUT2D eigenvalue weighted by Crippen LogP contribution is 2.15. The van der Waals surface area contributed by atoms with Crippen LogP contribution in [0.1, 0.15) is 37.3 Å². The first kappa shape index (κ1) is 13.1. The third-order valence-electron chi connectivity index (χ3n) is 2.40. The Kier molecular flexibility index (Phi) is 6.01. The molecule has 0 amide bonds. The average molecular weight is 236 g/mol. The van der Waals surface area contributed by atoms with Crippen molar-refractivity contribution < 1.29 is 0 Å². The zero-order valence-corrected chi connectivity index (χ0v) is 10.6. The molecule has 0 aliphatic rings. The lowest BCUT2D eigenvalue weighted by atomic mass is 10.1. The lowest BCUT2D eigenvalue weighted by molar-refractivity contribution is 0.778. The van der Waals surface area contributed by atoms with Crippen LogP contribution in [0.25, 0.3) is 0 Å². The van der Waals surface area contributed by atoms with Gasteiger partial charge in [-0.15, -0.1) is 0 Å². The van der Waals surface area contributed by atoms with Crippen molar-refractivity contribution in [3.8, 4) is 0 Å². The Morgan fingerprint density at radius 3 is 2.88 bits per heavy atom. The molecule has 3 N–H and O–H groups in total. The molecule has 0 saturated carbocycles. The van der Waals surface area contributed by atoms with Crippen molar-refractivity contribution in [3.63, 3.8) is 0 Å². The van der Waals surface area contributed by atoms with Gasteiger partial charge in [0.1, 0.15) is 5.84 Å². The van der Waals surface area contributed by atoms with Crippen LogP contribution in [-0.2, 0) is 5.75 Å². The third kappa shape index (κ3) is 4.71. The second-order valence-corrected chi connectivity index (χ2v) is 4.98. The molecule has 0 aromatic heterocycles. The lowest BCUT2D eigenvalue weighted by Crippen LogP contribution is -2.10. The van der Waals surface area contributed by atoms with E-state index in [2.05, 4.69) is 13.0 Å². The number of amidine groups is 1. The SMILES string of the molecule is CCCCCSCc1cccc(C(=N)N)c1. The van der Waals surface area contributed by atoms with E-state index in [1.54, 1.807) is 0 Å². The van der Waals surface area contributed by atoms with E-state index >= 15 is 0 Å². The number of nitrogens with one attached hydrogen (secondary N) is 1. The van der Waals surface area contributed by atoms with Crippen molar-refractivity contribution in [1.82, 2.24) is 0 Å². The largest absolute Gasteiger partial charge is 0.384 e. The molecule has 0 aliphatic carbocycles. The smallest absolute Gasteiger partial charge is 0.122 e. The molecule has 1 aromatic carbocycles. The van der Waals surface area contributed by atoms with E-state index in [0.717, 1.165) is 11.3 Å². The van der Waals surface area contributed by atoms with Crippen molar-refractivity contribution in [2.24, 2.45) is 5.73 Å². The molecular weight excluding hydrogens is 216 g/mol. The van der Waals surface area contributed by atoms with E-state index in [-0.39, 0.29) is 5.84 Å². The van der Waals surface area contributed by atoms with Gasteiger partial charge in [-0.2, -0.15) is 11.8 Å². The average Bonchev–Trinajstić information content (AvgIpc) is 2.29. The summed E-state index contributed by atoms with van der Waals surface area (Å²) in [5, 5.41) is 7.37. The van der Waals surface area contributed by atoms with Crippen molar-refractivity contribution in [2.45, 2.75) is 31.9 Å². The number of unbranched alkanes of at least 4 members (excludes halogenated alkanes) is 2. The maximum absolute atomic E-state index is 7.37. The molecule has 1 rings (SSSR count). The van der Waals surface area contributed by atoms with Gasteiger partial charge in [-0.3, -0.25) is 5.41 Å². The molecule has 0 spiro atoms. The molecule has 0 unspecified atom stereocenters. The fourth-order valence-corrected chi connectivity index (χ4v) is 2.44. The van der Waals surface area contributed by atoms with E-state index in [9.17, 15) is 0 Å². The van der Waals surface area contributed by atoms with Crippen molar-refractivity contribution in [1.29, 1.82) is 5.41 Å². The molecular formula is C13H20N2S. The van der Waals surface area contributed by atoms with E-state index in [0.29, 0.717) is 0 Å². The Bertz CT molecular complexity index is 336. The molecule has 0 aliphatic heterocycles. The van der Waals surface area contributed by atoms with Gasteiger partial charge < -0.3 is 5.73 Å². The minimum Gasteiger partial charge on any atom is -0.384 e. The number of hydrogen-bond donors (Lipinski definition) is 2. The zero-order chi connectivity index (χ0) is 11.8. The van der Waals surface area contributed by atoms with Crippen LogP contribution in [-0.4, -0.2) is 11.6 Å². The minimum atomic E-state index is 0.151. The van der Waals surface area contributed by atoms with Gasteiger partial charge in [0, 0.05) is 11.3 Å². The Hall–Kier alpha value is -0.960. The van der Waals surface area contributed by atoms with Crippen LogP contribution < -0.4 is 5.73 Å². The summed E-state index contributed by atoms with van der Waals surface area (Å²) in [7, 11) is 0.